The molecule has 0 fully saturated rings. The molecule has 0 atom stereocenters. The number of halogens is 1. The third-order valence-electron chi connectivity index (χ3n) is 3.82. The van der Waals surface area contributed by atoms with Crippen LogP contribution in [0, 0.1) is 0 Å². The van der Waals surface area contributed by atoms with Crippen molar-refractivity contribution in [3.05, 3.63) is 75.1 Å². The largest absolute Gasteiger partial charge is 0.347 e. The molecule has 0 saturated heterocycles. The van der Waals surface area contributed by atoms with Crippen molar-refractivity contribution in [2.75, 3.05) is 11.9 Å². The molecule has 1 heterocycles. The Kier molecular flexibility index (Phi) is 5.48. The van der Waals surface area contributed by atoms with Gasteiger partial charge in [0.05, 0.1) is 13.0 Å². The van der Waals surface area contributed by atoms with E-state index in [9.17, 15) is 14.4 Å². The Bertz CT molecular complexity index is 1020. The Morgan fingerprint density at radius 1 is 1.04 bits per heavy atom. The summed E-state index contributed by atoms with van der Waals surface area (Å²) in [6.45, 7) is -0.213. The molecule has 0 unspecified atom stereocenters. The molecule has 1 aromatic heterocycles. The molecule has 0 saturated carbocycles. The Balaban J connectivity index is 1.59. The normalized spacial score (nSPS) is 10.5. The number of fused-ring (bicyclic) bond motifs is 1. The summed E-state index contributed by atoms with van der Waals surface area (Å²) in [6, 6.07) is 15.1. The first-order valence-electron chi connectivity index (χ1n) is 7.94. The van der Waals surface area contributed by atoms with Crippen molar-refractivity contribution < 1.29 is 9.59 Å². The third-order valence-corrected chi connectivity index (χ3v) is 4.28. The number of carbonyl (C=O) groups excluding carboxylic acids is 2. The first-order valence-corrected chi connectivity index (χ1v) is 8.73. The van der Waals surface area contributed by atoms with Crippen molar-refractivity contribution in [2.24, 2.45) is 0 Å². The van der Waals surface area contributed by atoms with Crippen LogP contribution in [0.3, 0.4) is 0 Å². The highest BCUT2D eigenvalue weighted by molar-refractivity contribution is 9.10. The number of nitrogens with one attached hydrogen (secondary N) is 3. The molecule has 3 rings (SSSR count). The smallest absolute Gasteiger partial charge is 0.271 e. The highest BCUT2D eigenvalue weighted by Crippen LogP contribution is 2.18. The van der Waals surface area contributed by atoms with E-state index in [-0.39, 0.29) is 24.6 Å². The van der Waals surface area contributed by atoms with Crippen LogP contribution in [0.1, 0.15) is 5.56 Å². The molecular weight excluding hydrogens is 398 g/mol. The van der Waals surface area contributed by atoms with Gasteiger partial charge in [0.2, 0.25) is 11.8 Å². The second-order valence-electron chi connectivity index (χ2n) is 5.70. The van der Waals surface area contributed by atoms with Crippen LogP contribution < -0.4 is 16.2 Å². The minimum atomic E-state index is -0.472. The second kappa shape index (κ2) is 7.97. The summed E-state index contributed by atoms with van der Waals surface area (Å²) in [5.41, 5.74) is 0.598. The fourth-order valence-electron chi connectivity index (χ4n) is 2.61. The monoisotopic (exact) mass is 413 g/mol. The summed E-state index contributed by atoms with van der Waals surface area (Å²) < 4.78 is 0.632. The van der Waals surface area contributed by atoms with Gasteiger partial charge in [0.25, 0.3) is 5.56 Å². The number of aromatic amines is 1. The van der Waals surface area contributed by atoms with Gasteiger partial charge in [-0.15, -0.1) is 0 Å². The van der Waals surface area contributed by atoms with Gasteiger partial charge in [0.1, 0.15) is 5.69 Å². The van der Waals surface area contributed by atoms with Crippen LogP contribution in [-0.4, -0.2) is 23.3 Å². The molecule has 2 aromatic carbocycles. The number of hydrogen-bond acceptors (Lipinski definition) is 3. The molecule has 132 valence electrons. The molecule has 0 aliphatic carbocycles. The molecule has 26 heavy (non-hydrogen) atoms. The van der Waals surface area contributed by atoms with Crippen molar-refractivity contribution in [1.82, 2.24) is 10.3 Å². The summed E-state index contributed by atoms with van der Waals surface area (Å²) in [5, 5.41) is 7.12. The summed E-state index contributed by atoms with van der Waals surface area (Å²) in [7, 11) is 0. The summed E-state index contributed by atoms with van der Waals surface area (Å²) >= 11 is 3.21. The fraction of sp³-hybridized carbons (Fsp3) is 0.105. The molecule has 3 N–H and O–H groups in total. The van der Waals surface area contributed by atoms with E-state index >= 15 is 0 Å². The predicted octanol–water partition coefficient (Wildman–Crippen LogP) is 2.59. The minimum absolute atomic E-state index is 0.118. The fourth-order valence-corrected chi connectivity index (χ4v) is 2.95. The van der Waals surface area contributed by atoms with E-state index < -0.39 is 11.5 Å². The SMILES string of the molecule is O=C(Cc1cccc2ccccc12)NCC(=O)Nc1cc(Br)c[nH]c1=O. The lowest BCUT2D eigenvalue weighted by Crippen LogP contribution is -2.34. The number of rotatable bonds is 5. The summed E-state index contributed by atoms with van der Waals surface area (Å²) in [5.74, 6) is -0.737. The van der Waals surface area contributed by atoms with E-state index in [0.717, 1.165) is 16.3 Å². The molecule has 0 spiro atoms. The van der Waals surface area contributed by atoms with Gasteiger partial charge in [-0.1, -0.05) is 42.5 Å². The Labute approximate surface area is 157 Å². The van der Waals surface area contributed by atoms with E-state index in [4.69, 9.17) is 0 Å². The van der Waals surface area contributed by atoms with Crippen molar-refractivity contribution in [1.29, 1.82) is 0 Å². The van der Waals surface area contributed by atoms with Crippen molar-refractivity contribution in [3.8, 4) is 0 Å². The standard InChI is InChI=1S/C19H16BrN3O3/c20-14-9-16(19(26)22-10-14)23-18(25)11-21-17(24)8-13-6-3-5-12-4-1-2-7-15(12)13/h1-7,9-10H,8,11H2,(H,21,24)(H,22,26)(H,23,25). The minimum Gasteiger partial charge on any atom is -0.347 e. The number of carbonyl (C=O) groups is 2. The lowest BCUT2D eigenvalue weighted by atomic mass is 10.0. The molecule has 0 radical (unpaired) electrons. The maximum Gasteiger partial charge on any atom is 0.271 e. The zero-order chi connectivity index (χ0) is 18.5. The lowest BCUT2D eigenvalue weighted by Gasteiger charge is -2.08. The van der Waals surface area contributed by atoms with Gasteiger partial charge in [-0.2, -0.15) is 0 Å². The summed E-state index contributed by atoms with van der Waals surface area (Å²) in [6.07, 6.45) is 1.65. The average molecular weight is 414 g/mol. The van der Waals surface area contributed by atoms with E-state index in [1.54, 1.807) is 0 Å². The number of pyridine rings is 1. The van der Waals surface area contributed by atoms with Crippen LogP contribution in [0.4, 0.5) is 5.69 Å². The average Bonchev–Trinajstić information content (AvgIpc) is 2.63. The maximum atomic E-state index is 12.2. The molecular formula is C19H16BrN3O3. The topological polar surface area (TPSA) is 91.1 Å². The molecule has 7 heteroatoms. The van der Waals surface area contributed by atoms with E-state index in [1.807, 2.05) is 42.5 Å². The number of anilines is 1. The Morgan fingerprint density at radius 3 is 2.65 bits per heavy atom. The third kappa shape index (κ3) is 4.37. The highest BCUT2D eigenvalue weighted by atomic mass is 79.9. The van der Waals surface area contributed by atoms with Crippen LogP contribution in [0.2, 0.25) is 0 Å². The van der Waals surface area contributed by atoms with Gasteiger partial charge < -0.3 is 15.6 Å². The number of H-pyrrole nitrogens is 1. The number of hydrogen-bond donors (Lipinski definition) is 3. The predicted molar refractivity (Wildman–Crippen MR) is 104 cm³/mol. The van der Waals surface area contributed by atoms with Gasteiger partial charge in [0, 0.05) is 10.7 Å². The van der Waals surface area contributed by atoms with Crippen molar-refractivity contribution in [2.45, 2.75) is 6.42 Å². The maximum absolute atomic E-state index is 12.2. The van der Waals surface area contributed by atoms with E-state index in [0.29, 0.717) is 4.47 Å². The number of amides is 2. The van der Waals surface area contributed by atoms with Gasteiger partial charge in [-0.05, 0) is 38.3 Å². The van der Waals surface area contributed by atoms with E-state index in [2.05, 4.69) is 31.5 Å². The van der Waals surface area contributed by atoms with Crippen LogP contribution in [0.5, 0.6) is 0 Å². The number of benzene rings is 2. The first-order chi connectivity index (χ1) is 12.5. The molecule has 2 amide bonds. The van der Waals surface area contributed by atoms with Gasteiger partial charge >= 0.3 is 0 Å². The molecule has 0 aliphatic rings. The van der Waals surface area contributed by atoms with Gasteiger partial charge in [0.15, 0.2) is 0 Å². The zero-order valence-electron chi connectivity index (χ0n) is 13.7. The molecule has 3 aromatic rings. The molecule has 0 bridgehead atoms. The van der Waals surface area contributed by atoms with Crippen molar-refractivity contribution in [3.63, 3.8) is 0 Å². The van der Waals surface area contributed by atoms with Gasteiger partial charge in [-0.25, -0.2) is 0 Å². The van der Waals surface area contributed by atoms with Crippen molar-refractivity contribution >= 4 is 44.2 Å². The van der Waals surface area contributed by atoms with Crippen LogP contribution in [-0.2, 0) is 16.0 Å². The quantitative estimate of drug-likeness (QED) is 0.600. The Hall–Kier alpha value is -2.93. The molecule has 0 aliphatic heterocycles. The zero-order valence-corrected chi connectivity index (χ0v) is 15.3. The highest BCUT2D eigenvalue weighted by Gasteiger charge is 2.10. The van der Waals surface area contributed by atoms with Crippen LogP contribution in [0.15, 0.2) is 64.0 Å². The lowest BCUT2D eigenvalue weighted by molar-refractivity contribution is -0.123. The summed E-state index contributed by atoms with van der Waals surface area (Å²) in [4.78, 5) is 38.2. The van der Waals surface area contributed by atoms with E-state index in [1.165, 1.54) is 12.3 Å². The van der Waals surface area contributed by atoms with Crippen LogP contribution in [0.25, 0.3) is 10.8 Å². The molecule has 6 nitrogen and oxygen atoms in total. The first kappa shape index (κ1) is 17.9. The Morgan fingerprint density at radius 2 is 1.81 bits per heavy atom. The van der Waals surface area contributed by atoms with Gasteiger partial charge in [-0.3, -0.25) is 14.4 Å². The number of aromatic nitrogens is 1. The second-order valence-corrected chi connectivity index (χ2v) is 6.62. The van der Waals surface area contributed by atoms with Crippen LogP contribution >= 0.6 is 15.9 Å².